The van der Waals surface area contributed by atoms with E-state index in [-0.39, 0.29) is 12.1 Å². The number of alkyl halides is 3. The molecule has 2 aromatic rings. The van der Waals surface area contributed by atoms with Crippen LogP contribution in [0.15, 0.2) is 48.5 Å². The summed E-state index contributed by atoms with van der Waals surface area (Å²) in [7, 11) is 0. The van der Waals surface area contributed by atoms with Gasteiger partial charge in [0.15, 0.2) is 5.78 Å². The molecular weight excluding hydrogens is 303 g/mol. The molecule has 0 amide bonds. The summed E-state index contributed by atoms with van der Waals surface area (Å²) in [5.74, 6) is -0.420. The maximum atomic E-state index is 12.6. The van der Waals surface area contributed by atoms with Crippen LogP contribution in [0.2, 0.25) is 5.02 Å². The zero-order chi connectivity index (χ0) is 15.5. The highest BCUT2D eigenvalue weighted by Crippen LogP contribution is 2.29. The summed E-state index contributed by atoms with van der Waals surface area (Å²) >= 11 is 5.73. The van der Waals surface area contributed by atoms with Gasteiger partial charge in [-0.1, -0.05) is 23.7 Å². The minimum absolute atomic E-state index is 0.0197. The average Bonchev–Trinajstić information content (AvgIpc) is 2.45. The molecule has 0 fully saturated rings. The van der Waals surface area contributed by atoms with Crippen molar-refractivity contribution in [3.05, 3.63) is 64.7 Å². The molecule has 0 aliphatic carbocycles. The third kappa shape index (κ3) is 4.23. The van der Waals surface area contributed by atoms with Crippen molar-refractivity contribution in [2.75, 3.05) is 11.9 Å². The van der Waals surface area contributed by atoms with Crippen molar-refractivity contribution in [2.45, 2.75) is 6.18 Å². The van der Waals surface area contributed by atoms with Gasteiger partial charge in [0, 0.05) is 16.3 Å². The quantitative estimate of drug-likeness (QED) is 0.832. The molecule has 0 aliphatic rings. The Morgan fingerprint density at radius 2 is 1.76 bits per heavy atom. The van der Waals surface area contributed by atoms with Gasteiger partial charge in [-0.25, -0.2) is 0 Å². The van der Waals surface area contributed by atoms with E-state index in [2.05, 4.69) is 5.32 Å². The summed E-state index contributed by atoms with van der Waals surface area (Å²) in [6.45, 7) is -0.0943. The Labute approximate surface area is 124 Å². The summed E-state index contributed by atoms with van der Waals surface area (Å²) in [6.07, 6.45) is -4.46. The fourth-order valence-corrected chi connectivity index (χ4v) is 1.85. The number of carbonyl (C=O) groups is 1. The number of halogens is 4. The molecule has 6 heteroatoms. The van der Waals surface area contributed by atoms with Gasteiger partial charge < -0.3 is 5.32 Å². The van der Waals surface area contributed by atoms with Crippen molar-refractivity contribution < 1.29 is 18.0 Å². The lowest BCUT2D eigenvalue weighted by Crippen LogP contribution is -2.15. The number of hydrogen-bond acceptors (Lipinski definition) is 2. The lowest BCUT2D eigenvalue weighted by Gasteiger charge is -2.09. The molecular formula is C15H11ClF3NO. The van der Waals surface area contributed by atoms with E-state index in [1.165, 1.54) is 12.1 Å². The second-order valence-corrected chi connectivity index (χ2v) is 4.80. The molecule has 0 radical (unpaired) electrons. The van der Waals surface area contributed by atoms with Gasteiger partial charge >= 0.3 is 6.18 Å². The van der Waals surface area contributed by atoms with Gasteiger partial charge in [0.25, 0.3) is 0 Å². The average molecular weight is 314 g/mol. The van der Waals surface area contributed by atoms with Crippen molar-refractivity contribution in [3.63, 3.8) is 0 Å². The van der Waals surface area contributed by atoms with Crippen LogP contribution in [0.4, 0.5) is 18.9 Å². The number of carbonyl (C=O) groups excluding carboxylic acids is 1. The third-order valence-corrected chi connectivity index (χ3v) is 3.06. The van der Waals surface area contributed by atoms with Gasteiger partial charge in [-0.2, -0.15) is 13.2 Å². The molecule has 2 nitrogen and oxygen atoms in total. The Balaban J connectivity index is 2.05. The van der Waals surface area contributed by atoms with Gasteiger partial charge in [0.2, 0.25) is 0 Å². The lowest BCUT2D eigenvalue weighted by molar-refractivity contribution is -0.137. The number of nitrogens with one attached hydrogen (secondary N) is 1. The second kappa shape index (κ2) is 6.18. The predicted octanol–water partition coefficient (Wildman–Crippen LogP) is 4.65. The van der Waals surface area contributed by atoms with Gasteiger partial charge in [-0.3, -0.25) is 4.79 Å². The molecule has 110 valence electrons. The van der Waals surface area contributed by atoms with Gasteiger partial charge in [-0.15, -0.1) is 0 Å². The van der Waals surface area contributed by atoms with E-state index in [1.54, 1.807) is 24.3 Å². The Bertz CT molecular complexity index is 638. The fraction of sp³-hybridized carbons (Fsp3) is 0.133. The maximum Gasteiger partial charge on any atom is 0.416 e. The maximum absolute atomic E-state index is 12.6. The van der Waals surface area contributed by atoms with Crippen LogP contribution < -0.4 is 5.32 Å². The number of ketones is 1. The lowest BCUT2D eigenvalue weighted by atomic mass is 10.1. The minimum atomic E-state index is -4.46. The first kappa shape index (κ1) is 15.4. The van der Waals surface area contributed by atoms with Gasteiger partial charge in [0.1, 0.15) is 0 Å². The highest BCUT2D eigenvalue weighted by molar-refractivity contribution is 6.30. The van der Waals surface area contributed by atoms with E-state index in [0.29, 0.717) is 10.7 Å². The van der Waals surface area contributed by atoms with Crippen LogP contribution in [0.5, 0.6) is 0 Å². The van der Waals surface area contributed by atoms with Crippen LogP contribution in [0, 0.1) is 0 Å². The van der Waals surface area contributed by atoms with E-state index in [0.717, 1.165) is 12.1 Å². The van der Waals surface area contributed by atoms with Crippen molar-refractivity contribution in [1.29, 1.82) is 0 Å². The number of rotatable bonds is 4. The highest BCUT2D eigenvalue weighted by atomic mass is 35.5. The Morgan fingerprint density at radius 1 is 1.10 bits per heavy atom. The molecule has 0 atom stereocenters. The van der Waals surface area contributed by atoms with E-state index in [4.69, 9.17) is 11.6 Å². The number of Topliss-reactive ketones (excluding diaryl/α,β-unsaturated/α-hetero) is 1. The molecule has 2 rings (SSSR count). The predicted molar refractivity (Wildman–Crippen MR) is 75.7 cm³/mol. The van der Waals surface area contributed by atoms with Crippen molar-refractivity contribution >= 4 is 23.1 Å². The SMILES string of the molecule is O=C(CNc1ccc(Cl)cc1)c1cccc(C(F)(F)F)c1. The highest BCUT2D eigenvalue weighted by Gasteiger charge is 2.30. The molecule has 0 aliphatic heterocycles. The normalized spacial score (nSPS) is 11.2. The molecule has 0 bridgehead atoms. The van der Waals surface area contributed by atoms with Gasteiger partial charge in [-0.05, 0) is 36.4 Å². The molecule has 21 heavy (non-hydrogen) atoms. The number of benzene rings is 2. The third-order valence-electron chi connectivity index (χ3n) is 2.81. The molecule has 0 saturated carbocycles. The summed E-state index contributed by atoms with van der Waals surface area (Å²) in [5.41, 5.74) is -0.147. The summed E-state index contributed by atoms with van der Waals surface area (Å²) in [5, 5.41) is 3.40. The summed E-state index contributed by atoms with van der Waals surface area (Å²) in [4.78, 5) is 11.9. The summed E-state index contributed by atoms with van der Waals surface area (Å²) < 4.78 is 37.7. The Hall–Kier alpha value is -2.01. The van der Waals surface area contributed by atoms with Crippen LogP contribution in [0.25, 0.3) is 0 Å². The smallest absolute Gasteiger partial charge is 0.378 e. The van der Waals surface area contributed by atoms with E-state index in [9.17, 15) is 18.0 Å². The molecule has 0 aromatic heterocycles. The molecule has 0 saturated heterocycles. The van der Waals surface area contributed by atoms with Crippen LogP contribution in [0.1, 0.15) is 15.9 Å². The van der Waals surface area contributed by atoms with E-state index >= 15 is 0 Å². The van der Waals surface area contributed by atoms with Gasteiger partial charge in [0.05, 0.1) is 12.1 Å². The van der Waals surface area contributed by atoms with Crippen LogP contribution in [-0.4, -0.2) is 12.3 Å². The first-order valence-electron chi connectivity index (χ1n) is 6.06. The Morgan fingerprint density at radius 3 is 2.38 bits per heavy atom. The zero-order valence-corrected chi connectivity index (χ0v) is 11.5. The summed E-state index contributed by atoms with van der Waals surface area (Å²) in [6, 6.07) is 11.0. The zero-order valence-electron chi connectivity index (χ0n) is 10.7. The Kier molecular flexibility index (Phi) is 4.53. The first-order valence-corrected chi connectivity index (χ1v) is 6.44. The number of hydrogen-bond donors (Lipinski definition) is 1. The minimum Gasteiger partial charge on any atom is -0.378 e. The van der Waals surface area contributed by atoms with E-state index < -0.39 is 17.5 Å². The van der Waals surface area contributed by atoms with Crippen molar-refractivity contribution in [3.8, 4) is 0 Å². The molecule has 1 N–H and O–H groups in total. The number of anilines is 1. The fourth-order valence-electron chi connectivity index (χ4n) is 1.72. The standard InChI is InChI=1S/C15H11ClF3NO/c16-12-4-6-13(7-5-12)20-9-14(21)10-2-1-3-11(8-10)15(17,18)19/h1-8,20H,9H2. The molecule has 0 spiro atoms. The topological polar surface area (TPSA) is 29.1 Å². The second-order valence-electron chi connectivity index (χ2n) is 4.36. The molecule has 0 unspecified atom stereocenters. The monoisotopic (exact) mass is 313 g/mol. The van der Waals surface area contributed by atoms with Crippen LogP contribution in [-0.2, 0) is 6.18 Å². The first-order chi connectivity index (χ1) is 9.86. The largest absolute Gasteiger partial charge is 0.416 e. The van der Waals surface area contributed by atoms with Crippen LogP contribution in [0.3, 0.4) is 0 Å². The van der Waals surface area contributed by atoms with Crippen molar-refractivity contribution in [1.82, 2.24) is 0 Å². The molecule has 0 heterocycles. The van der Waals surface area contributed by atoms with Crippen molar-refractivity contribution in [2.24, 2.45) is 0 Å². The molecule has 2 aromatic carbocycles. The van der Waals surface area contributed by atoms with Crippen LogP contribution >= 0.6 is 11.6 Å². The van der Waals surface area contributed by atoms with E-state index in [1.807, 2.05) is 0 Å².